The monoisotopic (exact) mass is 228 g/mol. The predicted molar refractivity (Wildman–Crippen MR) is 64.1 cm³/mol. The molecular weight excluding hydrogens is 215 g/mol. The minimum absolute atomic E-state index is 0.219. The first-order valence-electron chi connectivity index (χ1n) is 5.68. The van der Waals surface area contributed by atoms with Crippen LogP contribution in [0.2, 0.25) is 0 Å². The summed E-state index contributed by atoms with van der Waals surface area (Å²) in [5.41, 5.74) is 2.92. The van der Waals surface area contributed by atoms with E-state index in [0.717, 1.165) is 5.56 Å². The van der Waals surface area contributed by atoms with E-state index in [9.17, 15) is 4.39 Å². The summed E-state index contributed by atoms with van der Waals surface area (Å²) >= 11 is 0. The zero-order chi connectivity index (χ0) is 11.9. The van der Waals surface area contributed by atoms with Crippen LogP contribution >= 0.6 is 0 Å². The molecule has 2 heteroatoms. The van der Waals surface area contributed by atoms with Crippen LogP contribution in [0.4, 0.5) is 4.39 Å². The Labute approximate surface area is 99.9 Å². The molecule has 86 valence electrons. The molecule has 1 nitrogen and oxygen atoms in total. The van der Waals surface area contributed by atoms with Crippen LogP contribution in [0.3, 0.4) is 0 Å². The molecule has 17 heavy (non-hydrogen) atoms. The molecule has 1 heterocycles. The van der Waals surface area contributed by atoms with Crippen LogP contribution in [-0.4, -0.2) is 0 Å². The van der Waals surface area contributed by atoms with Crippen molar-refractivity contribution in [1.82, 2.24) is 0 Å². The van der Waals surface area contributed by atoms with Gasteiger partial charge in [-0.1, -0.05) is 36.4 Å². The Bertz CT molecular complexity index is 547. The smallest absolute Gasteiger partial charge is 0.123 e. The standard InChI is InChI=1S/C15H13FO/c1-15(12-6-8-13(16)9-7-12)14-5-3-2-4-11(14)10-17-15/h2-9H,10H2,1H3. The van der Waals surface area contributed by atoms with Gasteiger partial charge in [-0.15, -0.1) is 0 Å². The fourth-order valence-corrected chi connectivity index (χ4v) is 2.42. The summed E-state index contributed by atoms with van der Waals surface area (Å²) in [5, 5.41) is 0. The van der Waals surface area contributed by atoms with Crippen LogP contribution in [0.25, 0.3) is 0 Å². The zero-order valence-electron chi connectivity index (χ0n) is 9.61. The highest BCUT2D eigenvalue weighted by molar-refractivity contribution is 5.43. The van der Waals surface area contributed by atoms with Crippen LogP contribution in [0, 0.1) is 5.82 Å². The van der Waals surface area contributed by atoms with Crippen molar-refractivity contribution in [3.05, 3.63) is 71.0 Å². The SMILES string of the molecule is CC1(c2ccc(F)cc2)OCc2ccccc21. The van der Waals surface area contributed by atoms with Gasteiger partial charge in [0.25, 0.3) is 0 Å². The fraction of sp³-hybridized carbons (Fsp3) is 0.200. The van der Waals surface area contributed by atoms with Crippen LogP contribution in [-0.2, 0) is 16.9 Å². The van der Waals surface area contributed by atoms with Gasteiger partial charge in [-0.05, 0) is 35.7 Å². The first kappa shape index (κ1) is 10.5. The molecule has 0 aromatic heterocycles. The summed E-state index contributed by atoms with van der Waals surface area (Å²) in [6.07, 6.45) is 0. The van der Waals surface area contributed by atoms with E-state index >= 15 is 0 Å². The number of rotatable bonds is 1. The maximum atomic E-state index is 13.0. The summed E-state index contributed by atoms with van der Waals surface area (Å²) < 4.78 is 18.9. The lowest BCUT2D eigenvalue weighted by Crippen LogP contribution is -2.22. The van der Waals surface area contributed by atoms with Gasteiger partial charge in [0, 0.05) is 0 Å². The van der Waals surface area contributed by atoms with Gasteiger partial charge >= 0.3 is 0 Å². The molecule has 0 N–H and O–H groups in total. The lowest BCUT2D eigenvalue weighted by molar-refractivity contribution is 0.00967. The Morgan fingerprint density at radius 2 is 1.76 bits per heavy atom. The highest BCUT2D eigenvalue weighted by Crippen LogP contribution is 2.41. The first-order chi connectivity index (χ1) is 8.20. The quantitative estimate of drug-likeness (QED) is 0.724. The predicted octanol–water partition coefficient (Wildman–Crippen LogP) is 3.62. The van der Waals surface area contributed by atoms with Gasteiger partial charge in [0.05, 0.1) is 6.61 Å². The molecule has 2 aromatic rings. The van der Waals surface area contributed by atoms with Gasteiger partial charge in [-0.3, -0.25) is 0 Å². The highest BCUT2D eigenvalue weighted by atomic mass is 19.1. The third-order valence-electron chi connectivity index (χ3n) is 3.44. The Balaban J connectivity index is 2.12. The number of hydrogen-bond acceptors (Lipinski definition) is 1. The number of benzene rings is 2. The van der Waals surface area contributed by atoms with Crippen LogP contribution in [0.5, 0.6) is 0 Å². The Kier molecular flexibility index (Phi) is 2.26. The second-order valence-corrected chi connectivity index (χ2v) is 4.49. The van der Waals surface area contributed by atoms with Gasteiger partial charge < -0.3 is 4.74 Å². The molecule has 0 spiro atoms. The number of hydrogen-bond donors (Lipinski definition) is 0. The van der Waals surface area contributed by atoms with E-state index in [-0.39, 0.29) is 5.82 Å². The molecular formula is C15H13FO. The highest BCUT2D eigenvalue weighted by Gasteiger charge is 2.36. The molecule has 0 saturated carbocycles. The van der Waals surface area contributed by atoms with Crippen molar-refractivity contribution in [3.63, 3.8) is 0 Å². The van der Waals surface area contributed by atoms with E-state index in [1.54, 1.807) is 12.1 Å². The molecule has 0 saturated heterocycles. The molecule has 0 aliphatic carbocycles. The molecule has 0 bridgehead atoms. The zero-order valence-corrected chi connectivity index (χ0v) is 9.61. The fourth-order valence-electron chi connectivity index (χ4n) is 2.42. The molecule has 1 aliphatic rings. The van der Waals surface area contributed by atoms with E-state index < -0.39 is 5.60 Å². The van der Waals surface area contributed by atoms with Crippen molar-refractivity contribution in [2.45, 2.75) is 19.1 Å². The van der Waals surface area contributed by atoms with Gasteiger partial charge in [-0.25, -0.2) is 4.39 Å². The summed E-state index contributed by atoms with van der Waals surface area (Å²) in [7, 11) is 0. The Morgan fingerprint density at radius 3 is 2.53 bits per heavy atom. The lowest BCUT2D eigenvalue weighted by Gasteiger charge is -2.25. The third kappa shape index (κ3) is 1.56. The maximum absolute atomic E-state index is 13.0. The molecule has 0 fully saturated rings. The summed E-state index contributed by atoms with van der Waals surface area (Å²) in [5.74, 6) is -0.219. The Morgan fingerprint density at radius 1 is 1.06 bits per heavy atom. The average Bonchev–Trinajstić information content (AvgIpc) is 2.70. The van der Waals surface area contributed by atoms with Gasteiger partial charge in [-0.2, -0.15) is 0 Å². The van der Waals surface area contributed by atoms with E-state index in [1.807, 2.05) is 19.1 Å². The number of fused-ring (bicyclic) bond motifs is 1. The lowest BCUT2D eigenvalue weighted by atomic mass is 9.87. The minimum Gasteiger partial charge on any atom is -0.361 e. The molecule has 0 radical (unpaired) electrons. The minimum atomic E-state index is -0.454. The van der Waals surface area contributed by atoms with Crippen LogP contribution in [0.15, 0.2) is 48.5 Å². The van der Waals surface area contributed by atoms with Crippen molar-refractivity contribution < 1.29 is 9.13 Å². The largest absolute Gasteiger partial charge is 0.361 e. The third-order valence-corrected chi connectivity index (χ3v) is 3.44. The topological polar surface area (TPSA) is 9.23 Å². The molecule has 1 atom stereocenters. The van der Waals surface area contributed by atoms with Crippen molar-refractivity contribution in [2.24, 2.45) is 0 Å². The van der Waals surface area contributed by atoms with Crippen LogP contribution < -0.4 is 0 Å². The summed E-state index contributed by atoms with van der Waals surface area (Å²) in [6, 6.07) is 14.7. The van der Waals surface area contributed by atoms with Crippen molar-refractivity contribution in [2.75, 3.05) is 0 Å². The first-order valence-corrected chi connectivity index (χ1v) is 5.68. The summed E-state index contributed by atoms with van der Waals surface area (Å²) in [6.45, 7) is 2.65. The number of ether oxygens (including phenoxy) is 1. The Hall–Kier alpha value is -1.67. The molecule has 0 amide bonds. The van der Waals surface area contributed by atoms with E-state index in [0.29, 0.717) is 6.61 Å². The molecule has 1 unspecified atom stereocenters. The van der Waals surface area contributed by atoms with E-state index in [2.05, 4.69) is 12.1 Å². The molecule has 1 aliphatic heterocycles. The molecule has 2 aromatic carbocycles. The summed E-state index contributed by atoms with van der Waals surface area (Å²) in [4.78, 5) is 0. The van der Waals surface area contributed by atoms with Crippen molar-refractivity contribution >= 4 is 0 Å². The van der Waals surface area contributed by atoms with Crippen molar-refractivity contribution in [3.8, 4) is 0 Å². The van der Waals surface area contributed by atoms with Gasteiger partial charge in [0.1, 0.15) is 11.4 Å². The van der Waals surface area contributed by atoms with Gasteiger partial charge in [0.15, 0.2) is 0 Å². The average molecular weight is 228 g/mol. The van der Waals surface area contributed by atoms with Crippen LogP contribution in [0.1, 0.15) is 23.6 Å². The maximum Gasteiger partial charge on any atom is 0.123 e. The van der Waals surface area contributed by atoms with E-state index in [4.69, 9.17) is 4.74 Å². The number of halogens is 1. The normalized spacial score (nSPS) is 22.5. The second kappa shape index (κ2) is 3.67. The van der Waals surface area contributed by atoms with E-state index in [1.165, 1.54) is 23.3 Å². The van der Waals surface area contributed by atoms with Crippen molar-refractivity contribution in [1.29, 1.82) is 0 Å². The van der Waals surface area contributed by atoms with Gasteiger partial charge in [0.2, 0.25) is 0 Å². The molecule has 3 rings (SSSR count). The second-order valence-electron chi connectivity index (χ2n) is 4.49.